The number of carbonyl (C=O) groups is 1. The molecule has 6 rings (SSSR count). The Hall–Kier alpha value is -4.72. The number of rotatable bonds is 6. The van der Waals surface area contributed by atoms with E-state index in [1.54, 1.807) is 42.2 Å². The first kappa shape index (κ1) is 25.6. The average molecular weight is 544 g/mol. The van der Waals surface area contributed by atoms with Gasteiger partial charge in [-0.05, 0) is 77.9 Å². The molecule has 1 amide bonds. The minimum Gasteiger partial charge on any atom is -0.370 e. The lowest BCUT2D eigenvalue weighted by molar-refractivity contribution is -0.138. The Labute approximate surface area is 228 Å². The highest BCUT2D eigenvalue weighted by molar-refractivity contribution is 6.10. The van der Waals surface area contributed by atoms with Crippen LogP contribution < -0.4 is 10.2 Å². The third kappa shape index (κ3) is 4.55. The van der Waals surface area contributed by atoms with E-state index in [4.69, 9.17) is 0 Å². The van der Waals surface area contributed by atoms with Crippen LogP contribution in [0.2, 0.25) is 0 Å². The number of benzene rings is 2. The summed E-state index contributed by atoms with van der Waals surface area (Å²) < 4.78 is 43.0. The molecule has 202 valence electrons. The van der Waals surface area contributed by atoms with E-state index < -0.39 is 17.6 Å². The van der Waals surface area contributed by atoms with E-state index in [2.05, 4.69) is 26.6 Å². The Morgan fingerprint density at radius 1 is 1.10 bits per heavy atom. The molecule has 40 heavy (non-hydrogen) atoms. The average Bonchev–Trinajstić information content (AvgIpc) is 3.49. The highest BCUT2D eigenvalue weighted by atomic mass is 19.4. The van der Waals surface area contributed by atoms with Crippen LogP contribution in [0.4, 0.5) is 24.8 Å². The summed E-state index contributed by atoms with van der Waals surface area (Å²) in [4.78, 5) is 19.3. The highest BCUT2D eigenvalue weighted by Crippen LogP contribution is 2.40. The second kappa shape index (κ2) is 9.79. The molecule has 0 bridgehead atoms. The summed E-state index contributed by atoms with van der Waals surface area (Å²) in [6.07, 6.45) is 0.379. The number of anilines is 2. The maximum absolute atomic E-state index is 13.8. The lowest BCUT2D eigenvalue weighted by atomic mass is 9.85. The normalized spacial score (nSPS) is 15.1. The number of pyridine rings is 1. The van der Waals surface area contributed by atoms with Gasteiger partial charge in [-0.2, -0.15) is 18.4 Å². The van der Waals surface area contributed by atoms with Gasteiger partial charge in [-0.1, -0.05) is 12.5 Å². The standard InChI is InChI=1S/C29H24F3N7O/c1-38-16-35-37-27(38)20-9-8-18(13-33)10-22(20)19-11-25(34-14-17-4-2-5-17)36-26(12-19)39-15-23-21(28(39)40)6-3-7-24(23)29(30,31)32/h3,6-12,16-17H,2,4-5,14-15H2,1H3,(H,34,36). The van der Waals surface area contributed by atoms with E-state index >= 15 is 0 Å². The van der Waals surface area contributed by atoms with Crippen molar-refractivity contribution in [2.75, 3.05) is 16.8 Å². The summed E-state index contributed by atoms with van der Waals surface area (Å²) in [5.74, 6) is 1.24. The second-order valence-electron chi connectivity index (χ2n) is 10.1. The minimum atomic E-state index is -4.59. The van der Waals surface area contributed by atoms with Gasteiger partial charge < -0.3 is 9.88 Å². The number of halogens is 3. The van der Waals surface area contributed by atoms with E-state index in [1.807, 2.05) is 6.07 Å². The van der Waals surface area contributed by atoms with Crippen molar-refractivity contribution in [3.8, 4) is 28.6 Å². The van der Waals surface area contributed by atoms with Crippen molar-refractivity contribution < 1.29 is 18.0 Å². The molecule has 1 N–H and O–H groups in total. The van der Waals surface area contributed by atoms with Crippen molar-refractivity contribution in [3.63, 3.8) is 0 Å². The molecule has 1 saturated carbocycles. The van der Waals surface area contributed by atoms with E-state index in [9.17, 15) is 23.2 Å². The summed E-state index contributed by atoms with van der Waals surface area (Å²) in [6, 6.07) is 14.5. The maximum Gasteiger partial charge on any atom is 0.416 e. The third-order valence-corrected chi connectivity index (χ3v) is 7.57. The smallest absolute Gasteiger partial charge is 0.370 e. The number of hydrogen-bond donors (Lipinski definition) is 1. The fraction of sp³-hybridized carbons (Fsp3) is 0.276. The molecule has 3 heterocycles. The Morgan fingerprint density at radius 3 is 2.60 bits per heavy atom. The number of alkyl halides is 3. The van der Waals surface area contributed by atoms with Gasteiger partial charge in [0.2, 0.25) is 0 Å². The fourth-order valence-electron chi connectivity index (χ4n) is 5.20. The first-order valence-corrected chi connectivity index (χ1v) is 12.9. The highest BCUT2D eigenvalue weighted by Gasteiger charge is 2.40. The molecule has 2 aliphatic rings. The summed E-state index contributed by atoms with van der Waals surface area (Å²) in [7, 11) is 1.80. The van der Waals surface area contributed by atoms with Crippen molar-refractivity contribution >= 4 is 17.5 Å². The van der Waals surface area contributed by atoms with Crippen LogP contribution in [-0.4, -0.2) is 32.2 Å². The lowest BCUT2D eigenvalue weighted by Gasteiger charge is -2.26. The van der Waals surface area contributed by atoms with Gasteiger partial charge in [-0.25, -0.2) is 4.98 Å². The number of nitrogens with zero attached hydrogens (tertiary/aromatic N) is 6. The molecular formula is C29H24F3N7O. The maximum atomic E-state index is 13.8. The van der Waals surface area contributed by atoms with E-state index in [0.29, 0.717) is 46.4 Å². The van der Waals surface area contributed by atoms with E-state index in [0.717, 1.165) is 18.9 Å². The number of aromatic nitrogens is 4. The van der Waals surface area contributed by atoms with Crippen LogP contribution >= 0.6 is 0 Å². The molecule has 1 aliphatic heterocycles. The summed E-state index contributed by atoms with van der Waals surface area (Å²) in [5.41, 5.74) is 1.53. The number of nitrogens with one attached hydrogen (secondary N) is 1. The van der Waals surface area contributed by atoms with Gasteiger partial charge in [0.1, 0.15) is 18.0 Å². The fourth-order valence-corrected chi connectivity index (χ4v) is 5.20. The molecule has 0 spiro atoms. The molecule has 4 aromatic rings. The molecule has 0 unspecified atom stereocenters. The molecule has 2 aromatic carbocycles. The molecule has 0 saturated heterocycles. The van der Waals surface area contributed by atoms with Crippen LogP contribution in [-0.2, 0) is 19.8 Å². The van der Waals surface area contributed by atoms with Crippen molar-refractivity contribution in [3.05, 3.63) is 77.1 Å². The minimum absolute atomic E-state index is 0.0113. The second-order valence-corrected chi connectivity index (χ2v) is 10.1. The van der Waals surface area contributed by atoms with Crippen LogP contribution in [0.5, 0.6) is 0 Å². The van der Waals surface area contributed by atoms with Gasteiger partial charge in [0.25, 0.3) is 5.91 Å². The number of carbonyl (C=O) groups excluding carboxylic acids is 1. The molecule has 1 aliphatic carbocycles. The van der Waals surface area contributed by atoms with Crippen LogP contribution in [0.1, 0.15) is 46.3 Å². The van der Waals surface area contributed by atoms with Gasteiger partial charge in [0.15, 0.2) is 5.82 Å². The van der Waals surface area contributed by atoms with Gasteiger partial charge in [0, 0.05) is 24.7 Å². The quantitative estimate of drug-likeness (QED) is 0.330. The first-order valence-electron chi connectivity index (χ1n) is 12.9. The van der Waals surface area contributed by atoms with Gasteiger partial charge in [0.05, 0.1) is 23.7 Å². The molecule has 2 aromatic heterocycles. The third-order valence-electron chi connectivity index (χ3n) is 7.57. The number of nitriles is 1. The zero-order valence-corrected chi connectivity index (χ0v) is 21.5. The molecule has 1 fully saturated rings. The van der Waals surface area contributed by atoms with E-state index in [1.165, 1.54) is 23.5 Å². The number of fused-ring (bicyclic) bond motifs is 1. The molecular weight excluding hydrogens is 519 g/mol. The van der Waals surface area contributed by atoms with Gasteiger partial charge >= 0.3 is 6.18 Å². The van der Waals surface area contributed by atoms with Crippen molar-refractivity contribution in [1.82, 2.24) is 19.7 Å². The van der Waals surface area contributed by atoms with E-state index in [-0.39, 0.29) is 23.5 Å². The Balaban J connectivity index is 1.47. The first-order chi connectivity index (χ1) is 19.2. The summed E-state index contributed by atoms with van der Waals surface area (Å²) in [6.45, 7) is 0.438. The molecule has 0 radical (unpaired) electrons. The Morgan fingerprint density at radius 2 is 1.93 bits per heavy atom. The van der Waals surface area contributed by atoms with Crippen LogP contribution in [0, 0.1) is 17.2 Å². The monoisotopic (exact) mass is 543 g/mol. The number of hydrogen-bond acceptors (Lipinski definition) is 6. The van der Waals surface area contributed by atoms with Gasteiger partial charge in [-0.15, -0.1) is 10.2 Å². The molecule has 11 heteroatoms. The van der Waals surface area contributed by atoms with Crippen LogP contribution in [0.15, 0.2) is 54.9 Å². The zero-order valence-electron chi connectivity index (χ0n) is 21.5. The summed E-state index contributed by atoms with van der Waals surface area (Å²) in [5, 5.41) is 21.2. The SMILES string of the molecule is Cn1cnnc1-c1ccc(C#N)cc1-c1cc(NCC2CCC2)nc(N2Cc3c(cccc3C(F)(F)F)C2=O)c1. The topological polar surface area (TPSA) is 99.7 Å². The Kier molecular flexibility index (Phi) is 6.25. The van der Waals surface area contributed by atoms with Crippen LogP contribution in [0.3, 0.4) is 0 Å². The predicted molar refractivity (Wildman–Crippen MR) is 142 cm³/mol. The molecule has 0 atom stereocenters. The van der Waals surface area contributed by atoms with Crippen molar-refractivity contribution in [1.29, 1.82) is 5.26 Å². The zero-order chi connectivity index (χ0) is 28.0. The summed E-state index contributed by atoms with van der Waals surface area (Å²) >= 11 is 0. The van der Waals surface area contributed by atoms with Crippen LogP contribution in [0.25, 0.3) is 22.5 Å². The number of aryl methyl sites for hydroxylation is 1. The molecule has 8 nitrogen and oxygen atoms in total. The number of amides is 1. The Bertz CT molecular complexity index is 1670. The van der Waals surface area contributed by atoms with Gasteiger partial charge in [-0.3, -0.25) is 9.69 Å². The van der Waals surface area contributed by atoms with Crippen molar-refractivity contribution in [2.24, 2.45) is 13.0 Å². The lowest BCUT2D eigenvalue weighted by Crippen LogP contribution is -2.25. The largest absolute Gasteiger partial charge is 0.416 e. The predicted octanol–water partition coefficient (Wildman–Crippen LogP) is 5.81. The van der Waals surface area contributed by atoms with Crippen molar-refractivity contribution in [2.45, 2.75) is 32.0 Å².